The van der Waals surface area contributed by atoms with E-state index >= 15 is 0 Å². The number of hydrogen-bond donors (Lipinski definition) is 4. The number of nitrogens with zero attached hydrogens (tertiary/aromatic N) is 3. The molecule has 0 radical (unpaired) electrons. The number of rotatable bonds is 12. The summed E-state index contributed by atoms with van der Waals surface area (Å²) in [6.07, 6.45) is 6.79. The first kappa shape index (κ1) is 29.6. The number of carboxylic acid groups (broad SMARTS) is 1. The van der Waals surface area contributed by atoms with E-state index < -0.39 is 35.9 Å². The van der Waals surface area contributed by atoms with Crippen LogP contribution in [-0.2, 0) is 25.7 Å². The Morgan fingerprint density at radius 2 is 1.95 bits per heavy atom. The molecular formula is C26H42N6O6. The summed E-state index contributed by atoms with van der Waals surface area (Å²) >= 11 is 0. The maximum absolute atomic E-state index is 13.7. The summed E-state index contributed by atoms with van der Waals surface area (Å²) in [7, 11) is 0. The van der Waals surface area contributed by atoms with Crippen molar-refractivity contribution in [2.24, 2.45) is 11.8 Å². The molecule has 3 rings (SSSR count). The second-order valence-corrected chi connectivity index (χ2v) is 10.5. The molecule has 1 aromatic heterocycles. The largest absolute Gasteiger partial charge is 0.759 e. The monoisotopic (exact) mass is 534 g/mol. The van der Waals surface area contributed by atoms with Gasteiger partial charge in [-0.3, -0.25) is 19.4 Å². The Labute approximate surface area is 223 Å². The second-order valence-electron chi connectivity index (χ2n) is 10.5. The van der Waals surface area contributed by atoms with Gasteiger partial charge in [0.15, 0.2) is 18.8 Å². The highest BCUT2D eigenvalue weighted by molar-refractivity contribution is 5.90. The average molecular weight is 535 g/mol. The summed E-state index contributed by atoms with van der Waals surface area (Å²) in [4.78, 5) is 51.1. The topological polar surface area (TPSA) is 160 Å². The molecule has 12 nitrogen and oxygen atoms in total. The summed E-state index contributed by atoms with van der Waals surface area (Å²) in [6, 6.07) is -0.0725. The molecule has 212 valence electrons. The molecule has 2 aliphatic heterocycles. The lowest BCUT2D eigenvalue weighted by Gasteiger charge is -2.38. The highest BCUT2D eigenvalue weighted by Crippen LogP contribution is 2.30. The molecule has 3 heterocycles. The number of hydrazine groups is 1. The molecule has 5 atom stereocenters. The lowest BCUT2D eigenvalue weighted by molar-refractivity contribution is -0.784. The van der Waals surface area contributed by atoms with Crippen molar-refractivity contribution >= 4 is 23.7 Å². The van der Waals surface area contributed by atoms with E-state index in [9.17, 15) is 29.5 Å². The molecule has 2 aliphatic rings. The van der Waals surface area contributed by atoms with Crippen molar-refractivity contribution in [2.45, 2.75) is 103 Å². The van der Waals surface area contributed by atoms with Crippen molar-refractivity contribution in [2.75, 3.05) is 6.54 Å². The number of amides is 3. The number of carbonyl (C=O) groups excluding carboxylic acids is 3. The van der Waals surface area contributed by atoms with Crippen LogP contribution in [0, 0.1) is 17.0 Å². The summed E-state index contributed by atoms with van der Waals surface area (Å²) < 4.78 is 3.68. The van der Waals surface area contributed by atoms with Crippen LogP contribution in [0.4, 0.5) is 0 Å². The molecule has 12 heteroatoms. The van der Waals surface area contributed by atoms with Gasteiger partial charge >= 0.3 is 5.97 Å². The number of aliphatic carboxylic acids is 1. The minimum Gasteiger partial charge on any atom is -0.759 e. The van der Waals surface area contributed by atoms with E-state index in [4.69, 9.17) is 0 Å². The zero-order valence-electron chi connectivity index (χ0n) is 22.6. The molecule has 0 aromatic carbocycles. The van der Waals surface area contributed by atoms with E-state index in [1.54, 1.807) is 4.68 Å². The summed E-state index contributed by atoms with van der Waals surface area (Å²) in [5.74, 6) is -3.06. The number of carbonyl (C=O) groups is 4. The normalized spacial score (nSPS) is 21.6. The van der Waals surface area contributed by atoms with Gasteiger partial charge in [-0.1, -0.05) is 40.0 Å². The number of hydroxylamine groups is 1. The van der Waals surface area contributed by atoms with Gasteiger partial charge in [0.2, 0.25) is 17.7 Å². The predicted molar refractivity (Wildman–Crippen MR) is 138 cm³/mol. The Bertz CT molecular complexity index is 997. The van der Waals surface area contributed by atoms with Crippen LogP contribution < -0.4 is 20.9 Å². The van der Waals surface area contributed by atoms with Gasteiger partial charge in [-0.2, -0.15) is 0 Å². The highest BCUT2D eigenvalue weighted by atomic mass is 16.5. The molecule has 0 saturated carbocycles. The molecule has 38 heavy (non-hydrogen) atoms. The van der Waals surface area contributed by atoms with Gasteiger partial charge < -0.3 is 21.1 Å². The van der Waals surface area contributed by atoms with Crippen LogP contribution >= 0.6 is 0 Å². The molecule has 1 fully saturated rings. The third kappa shape index (κ3) is 6.71. The van der Waals surface area contributed by atoms with Crippen LogP contribution in [-0.4, -0.2) is 51.1 Å². The van der Waals surface area contributed by atoms with Gasteiger partial charge in [0.25, 0.3) is 0 Å². The van der Waals surface area contributed by atoms with Crippen molar-refractivity contribution in [1.29, 1.82) is 0 Å². The Hall–Kier alpha value is -2.99. The molecule has 0 aliphatic carbocycles. The second kappa shape index (κ2) is 13.7. The zero-order chi connectivity index (χ0) is 27.8. The van der Waals surface area contributed by atoms with Gasteiger partial charge in [0.05, 0.1) is 6.04 Å². The number of fused-ring (bicyclic) bond motifs is 1. The number of hydrogen-bond acceptors (Lipinski definition) is 6. The smallest absolute Gasteiger partial charge is 0.332 e. The SMILES string of the molecule is CCCCC(CC(=O)N[O-])C(=O)N1NCCCC1C(=O)NC(c1cc[n+]2n1C(C(=O)O)CCC2)C(C)CC. The molecule has 0 spiro atoms. The summed E-state index contributed by atoms with van der Waals surface area (Å²) in [5.41, 5.74) is 5.13. The zero-order valence-corrected chi connectivity index (χ0v) is 22.6. The van der Waals surface area contributed by atoms with Gasteiger partial charge in [-0.05, 0) is 31.6 Å². The van der Waals surface area contributed by atoms with E-state index in [2.05, 4.69) is 10.7 Å². The Balaban J connectivity index is 1.86. The molecule has 0 bridgehead atoms. The molecule has 1 saturated heterocycles. The maximum atomic E-state index is 13.7. The van der Waals surface area contributed by atoms with Gasteiger partial charge in [0, 0.05) is 31.4 Å². The van der Waals surface area contributed by atoms with E-state index in [0.29, 0.717) is 45.2 Å². The van der Waals surface area contributed by atoms with Crippen LogP contribution in [0.25, 0.3) is 0 Å². The van der Waals surface area contributed by atoms with Gasteiger partial charge in [-0.25, -0.2) is 10.2 Å². The summed E-state index contributed by atoms with van der Waals surface area (Å²) in [6.45, 7) is 7.23. The predicted octanol–water partition coefficient (Wildman–Crippen LogP) is 1.70. The minimum absolute atomic E-state index is 0.00803. The van der Waals surface area contributed by atoms with E-state index in [1.165, 1.54) is 10.5 Å². The van der Waals surface area contributed by atoms with E-state index in [0.717, 1.165) is 25.0 Å². The number of unbranched alkanes of at least 4 members (excludes halogenated alkanes) is 1. The van der Waals surface area contributed by atoms with Crippen LogP contribution in [0.15, 0.2) is 12.3 Å². The molecule has 3 amide bonds. The molecule has 1 aromatic rings. The molecule has 5 unspecified atom stereocenters. The number of aromatic nitrogens is 2. The maximum Gasteiger partial charge on any atom is 0.332 e. The van der Waals surface area contributed by atoms with Crippen molar-refractivity contribution in [3.63, 3.8) is 0 Å². The minimum atomic E-state index is -0.904. The lowest BCUT2D eigenvalue weighted by atomic mass is 9.93. The van der Waals surface area contributed by atoms with Crippen LogP contribution in [0.2, 0.25) is 0 Å². The van der Waals surface area contributed by atoms with Gasteiger partial charge in [0.1, 0.15) is 11.7 Å². The Morgan fingerprint density at radius 1 is 1.21 bits per heavy atom. The van der Waals surface area contributed by atoms with Crippen molar-refractivity contribution in [3.8, 4) is 0 Å². The quantitative estimate of drug-likeness (QED) is 0.235. The van der Waals surface area contributed by atoms with E-state index in [1.807, 2.05) is 37.7 Å². The average Bonchev–Trinajstić information content (AvgIpc) is 3.36. The number of carboxylic acids is 1. The van der Waals surface area contributed by atoms with Crippen LogP contribution in [0.3, 0.4) is 0 Å². The van der Waals surface area contributed by atoms with Crippen LogP contribution in [0.5, 0.6) is 0 Å². The third-order valence-corrected chi connectivity index (χ3v) is 7.82. The standard InChI is InChI=1S/C26H42N6O6/c1-4-6-9-18(16-22(33)29-38)25(35)31-20(10-7-13-27-31)24(34)28-23(17(3)5-2)19-12-15-30-14-8-11-21(26(36)37)32(19)30/h12,15,17-18,20-21,23,27H,4-11,13-14,16H2,1-3H3,(H3-,28,29,33,34,36,37,38). The fourth-order valence-corrected chi connectivity index (χ4v) is 5.48. The fraction of sp³-hybridized carbons (Fsp3) is 0.731. The Morgan fingerprint density at radius 3 is 2.61 bits per heavy atom. The third-order valence-electron chi connectivity index (χ3n) is 7.82. The lowest BCUT2D eigenvalue weighted by Crippen LogP contribution is -2.60. The van der Waals surface area contributed by atoms with E-state index in [-0.39, 0.29) is 24.2 Å². The van der Waals surface area contributed by atoms with Crippen LogP contribution in [0.1, 0.15) is 96.3 Å². The first-order valence-electron chi connectivity index (χ1n) is 13.8. The highest BCUT2D eigenvalue weighted by Gasteiger charge is 2.40. The summed E-state index contributed by atoms with van der Waals surface area (Å²) in [5, 5.41) is 25.2. The molecule has 4 N–H and O–H groups in total. The first-order valence-corrected chi connectivity index (χ1v) is 13.8. The number of aryl methyl sites for hydroxylation is 1. The Kier molecular flexibility index (Phi) is 10.7. The van der Waals surface area contributed by atoms with Crippen molar-refractivity contribution < 1.29 is 29.0 Å². The van der Waals surface area contributed by atoms with Crippen molar-refractivity contribution in [1.82, 2.24) is 25.9 Å². The first-order chi connectivity index (χ1) is 18.2. The molecular weight excluding hydrogens is 492 g/mol. The fourth-order valence-electron chi connectivity index (χ4n) is 5.48. The number of nitrogens with one attached hydrogen (secondary N) is 3. The van der Waals surface area contributed by atoms with Crippen molar-refractivity contribution in [3.05, 3.63) is 23.2 Å². The van der Waals surface area contributed by atoms with Gasteiger partial charge in [-0.15, -0.1) is 9.36 Å².